The lowest BCUT2D eigenvalue weighted by atomic mass is 10.1. The molecule has 0 radical (unpaired) electrons. The van der Waals surface area contributed by atoms with Gasteiger partial charge in [-0.15, -0.1) is 0 Å². The molecule has 6 nitrogen and oxygen atoms in total. The number of nitrogens with zero attached hydrogens (tertiary/aromatic N) is 1. The highest BCUT2D eigenvalue weighted by molar-refractivity contribution is 6.42. The molecule has 1 aromatic rings. The van der Waals surface area contributed by atoms with Gasteiger partial charge in [-0.1, -0.05) is 29.3 Å². The predicted octanol–water partition coefficient (Wildman–Crippen LogP) is 1.73. The topological polar surface area (TPSA) is 108 Å². The number of amides is 3. The first-order chi connectivity index (χ1) is 9.43. The number of carbonyl (C=O) groups is 2. The van der Waals surface area contributed by atoms with E-state index in [9.17, 15) is 9.59 Å². The fraction of sp³-hybridized carbons (Fsp3) is 0.250. The number of carbonyl (C=O) groups excluding carboxylic acids is 2. The van der Waals surface area contributed by atoms with E-state index in [0.29, 0.717) is 15.6 Å². The molecule has 106 valence electrons. The van der Waals surface area contributed by atoms with Gasteiger partial charge in [0.05, 0.1) is 16.1 Å². The monoisotopic (exact) mass is 314 g/mol. The van der Waals surface area contributed by atoms with E-state index in [0.717, 1.165) is 0 Å². The van der Waals surface area contributed by atoms with Crippen molar-refractivity contribution in [1.82, 2.24) is 10.6 Å². The zero-order valence-corrected chi connectivity index (χ0v) is 11.8. The van der Waals surface area contributed by atoms with Crippen LogP contribution in [0.1, 0.15) is 18.0 Å². The molecule has 0 bridgehead atoms. The highest BCUT2D eigenvalue weighted by Crippen LogP contribution is 2.25. The van der Waals surface area contributed by atoms with E-state index in [1.807, 2.05) is 6.07 Å². The summed E-state index contributed by atoms with van der Waals surface area (Å²) < 4.78 is 0. The third-order valence-corrected chi connectivity index (χ3v) is 3.10. The maximum atomic E-state index is 11.6. The van der Waals surface area contributed by atoms with Crippen molar-refractivity contribution < 1.29 is 9.59 Å². The molecule has 0 saturated heterocycles. The number of nitrogens with two attached hydrogens (primary N) is 1. The number of primary amides is 1. The average Bonchev–Trinajstić information content (AvgIpc) is 2.39. The first-order valence-electron chi connectivity index (χ1n) is 5.61. The van der Waals surface area contributed by atoms with E-state index in [-0.39, 0.29) is 13.0 Å². The maximum absolute atomic E-state index is 11.6. The lowest BCUT2D eigenvalue weighted by Crippen LogP contribution is -2.34. The lowest BCUT2D eigenvalue weighted by molar-refractivity contribution is -0.121. The third kappa shape index (κ3) is 4.96. The first kappa shape index (κ1) is 16.1. The smallest absolute Gasteiger partial charge is 0.312 e. The Kier molecular flexibility index (Phi) is 6.10. The molecule has 0 aliphatic rings. The van der Waals surface area contributed by atoms with Gasteiger partial charge in [0.1, 0.15) is 6.04 Å². The van der Waals surface area contributed by atoms with Gasteiger partial charge in [-0.3, -0.25) is 4.79 Å². The molecular weight excluding hydrogens is 303 g/mol. The predicted molar refractivity (Wildman–Crippen MR) is 75.2 cm³/mol. The van der Waals surface area contributed by atoms with Crippen molar-refractivity contribution in [2.75, 3.05) is 6.54 Å². The lowest BCUT2D eigenvalue weighted by Gasteiger charge is -2.12. The van der Waals surface area contributed by atoms with Crippen molar-refractivity contribution in [2.45, 2.75) is 12.5 Å². The number of halogens is 2. The molecule has 1 atom stereocenters. The fourth-order valence-electron chi connectivity index (χ4n) is 1.41. The molecule has 0 fully saturated rings. The number of hydrogen-bond donors (Lipinski definition) is 3. The van der Waals surface area contributed by atoms with E-state index in [1.54, 1.807) is 12.1 Å². The summed E-state index contributed by atoms with van der Waals surface area (Å²) in [6.07, 6.45) is 0.0163. The summed E-state index contributed by atoms with van der Waals surface area (Å²) in [5, 5.41) is 14.5. The van der Waals surface area contributed by atoms with Crippen molar-refractivity contribution in [3.8, 4) is 6.07 Å². The number of benzene rings is 1. The van der Waals surface area contributed by atoms with Crippen LogP contribution >= 0.6 is 23.2 Å². The van der Waals surface area contributed by atoms with Gasteiger partial charge in [-0.25, -0.2) is 4.79 Å². The van der Waals surface area contributed by atoms with Crippen molar-refractivity contribution >= 4 is 35.1 Å². The highest BCUT2D eigenvalue weighted by Gasteiger charge is 2.14. The zero-order chi connectivity index (χ0) is 15.1. The summed E-state index contributed by atoms with van der Waals surface area (Å²) in [5.74, 6) is -0.392. The number of nitrogens with one attached hydrogen (secondary N) is 2. The number of nitriles is 1. The number of rotatable bonds is 5. The first-order valence-corrected chi connectivity index (χ1v) is 6.37. The Morgan fingerprint density at radius 1 is 1.35 bits per heavy atom. The average molecular weight is 315 g/mol. The Hall–Kier alpha value is -1.97. The molecule has 0 unspecified atom stereocenters. The minimum atomic E-state index is -0.842. The third-order valence-electron chi connectivity index (χ3n) is 2.36. The summed E-state index contributed by atoms with van der Waals surface area (Å²) in [4.78, 5) is 22.1. The SMILES string of the molecule is N#C[C@H](NC(=O)CCNC(N)=O)c1ccc(Cl)c(Cl)c1. The summed E-state index contributed by atoms with van der Waals surface area (Å²) in [6, 6.07) is 5.06. The van der Waals surface area contributed by atoms with Gasteiger partial charge in [0.25, 0.3) is 0 Å². The molecule has 4 N–H and O–H groups in total. The van der Waals surface area contributed by atoms with Crippen molar-refractivity contribution in [2.24, 2.45) is 5.73 Å². The number of urea groups is 1. The standard InChI is InChI=1S/C12H12Cl2N4O2/c13-8-2-1-7(5-9(8)14)10(6-15)18-11(19)3-4-17-12(16)20/h1-2,5,10H,3-4H2,(H,18,19)(H3,16,17,20)/t10-/m0/s1. The van der Waals surface area contributed by atoms with Crippen LogP contribution < -0.4 is 16.4 Å². The van der Waals surface area contributed by atoms with Gasteiger partial charge in [0, 0.05) is 13.0 Å². The van der Waals surface area contributed by atoms with Crippen LogP contribution in [0.2, 0.25) is 10.0 Å². The van der Waals surface area contributed by atoms with Gasteiger partial charge < -0.3 is 16.4 Å². The van der Waals surface area contributed by atoms with Gasteiger partial charge in [0.15, 0.2) is 0 Å². The van der Waals surface area contributed by atoms with Crippen LogP contribution in [-0.4, -0.2) is 18.5 Å². The van der Waals surface area contributed by atoms with Crippen LogP contribution in [-0.2, 0) is 4.79 Å². The van der Waals surface area contributed by atoms with Crippen LogP contribution in [0.5, 0.6) is 0 Å². The molecule has 20 heavy (non-hydrogen) atoms. The van der Waals surface area contributed by atoms with E-state index < -0.39 is 18.0 Å². The Bertz CT molecular complexity index is 557. The summed E-state index contributed by atoms with van der Waals surface area (Å²) in [5.41, 5.74) is 5.39. The Balaban J connectivity index is 2.63. The van der Waals surface area contributed by atoms with Crippen LogP contribution in [0.15, 0.2) is 18.2 Å². The molecule has 1 aromatic carbocycles. The van der Waals surface area contributed by atoms with E-state index in [4.69, 9.17) is 34.2 Å². The normalized spacial score (nSPS) is 11.2. The van der Waals surface area contributed by atoms with Crippen molar-refractivity contribution in [3.63, 3.8) is 0 Å². The molecule has 0 aromatic heterocycles. The van der Waals surface area contributed by atoms with Gasteiger partial charge in [0.2, 0.25) is 5.91 Å². The number of hydrogen-bond acceptors (Lipinski definition) is 3. The zero-order valence-electron chi connectivity index (χ0n) is 10.3. The Morgan fingerprint density at radius 3 is 2.60 bits per heavy atom. The summed E-state index contributed by atoms with van der Waals surface area (Å²) in [7, 11) is 0. The minimum Gasteiger partial charge on any atom is -0.352 e. The van der Waals surface area contributed by atoms with Gasteiger partial charge in [-0.2, -0.15) is 5.26 Å². The summed E-state index contributed by atoms with van der Waals surface area (Å²) >= 11 is 11.6. The second-order valence-corrected chi connectivity index (χ2v) is 4.66. The fourth-order valence-corrected chi connectivity index (χ4v) is 1.72. The molecule has 1 rings (SSSR count). The molecule has 8 heteroatoms. The van der Waals surface area contributed by atoms with Gasteiger partial charge >= 0.3 is 6.03 Å². The quantitative estimate of drug-likeness (QED) is 0.770. The van der Waals surface area contributed by atoms with E-state index in [1.165, 1.54) is 6.07 Å². The van der Waals surface area contributed by atoms with Crippen LogP contribution in [0.4, 0.5) is 4.79 Å². The van der Waals surface area contributed by atoms with Crippen LogP contribution in [0.25, 0.3) is 0 Å². The largest absolute Gasteiger partial charge is 0.352 e. The molecule has 3 amide bonds. The molecular formula is C12H12Cl2N4O2. The summed E-state index contributed by atoms with van der Waals surface area (Å²) in [6.45, 7) is 0.0979. The Morgan fingerprint density at radius 2 is 2.05 bits per heavy atom. The van der Waals surface area contributed by atoms with Crippen LogP contribution in [0, 0.1) is 11.3 Å². The molecule has 0 spiro atoms. The second-order valence-electron chi connectivity index (χ2n) is 3.84. The molecule has 0 aliphatic carbocycles. The minimum absolute atomic E-state index is 0.0163. The highest BCUT2D eigenvalue weighted by atomic mass is 35.5. The van der Waals surface area contributed by atoms with Gasteiger partial charge in [-0.05, 0) is 17.7 Å². The van der Waals surface area contributed by atoms with E-state index >= 15 is 0 Å². The second kappa shape index (κ2) is 7.58. The molecule has 0 saturated carbocycles. The molecule has 0 aliphatic heterocycles. The van der Waals surface area contributed by atoms with Crippen molar-refractivity contribution in [3.05, 3.63) is 33.8 Å². The molecule has 0 heterocycles. The van der Waals surface area contributed by atoms with Crippen LogP contribution in [0.3, 0.4) is 0 Å². The van der Waals surface area contributed by atoms with E-state index in [2.05, 4.69) is 10.6 Å². The Labute approximate surface area is 125 Å². The maximum Gasteiger partial charge on any atom is 0.312 e. The van der Waals surface area contributed by atoms with Crippen molar-refractivity contribution in [1.29, 1.82) is 5.26 Å².